The smallest absolute Gasteiger partial charge is 0.259 e. The van der Waals surface area contributed by atoms with E-state index < -0.39 is 0 Å². The number of aryl methyl sites for hydroxylation is 3. The Hall–Kier alpha value is -3.02. The van der Waals surface area contributed by atoms with E-state index >= 15 is 0 Å². The van der Waals surface area contributed by atoms with Crippen LogP contribution in [0.2, 0.25) is 10.0 Å². The van der Waals surface area contributed by atoms with Gasteiger partial charge in [0.1, 0.15) is 5.65 Å². The second kappa shape index (κ2) is 7.29. The van der Waals surface area contributed by atoms with Gasteiger partial charge in [0.15, 0.2) is 0 Å². The Bertz CT molecular complexity index is 1540. The van der Waals surface area contributed by atoms with E-state index in [1.807, 2.05) is 30.1 Å². The third kappa shape index (κ3) is 2.99. The van der Waals surface area contributed by atoms with E-state index in [0.717, 1.165) is 39.7 Å². The molecule has 156 valence electrons. The van der Waals surface area contributed by atoms with Crippen LogP contribution in [0.25, 0.3) is 44.3 Å². The zero-order valence-electron chi connectivity index (χ0n) is 17.4. The zero-order valence-corrected chi connectivity index (χ0v) is 18.9. The Morgan fingerprint density at radius 1 is 0.903 bits per heavy atom. The summed E-state index contributed by atoms with van der Waals surface area (Å²) in [6.45, 7) is 2.87. The van der Waals surface area contributed by atoms with Crippen LogP contribution >= 0.6 is 23.2 Å². The molecule has 3 heterocycles. The molecular weight excluding hydrogens is 431 g/mol. The Morgan fingerprint density at radius 2 is 1.71 bits per heavy atom. The molecule has 7 heteroatoms. The highest BCUT2D eigenvalue weighted by atomic mass is 35.5. The molecule has 3 aromatic heterocycles. The molecule has 0 aliphatic rings. The Labute approximate surface area is 189 Å². The second-order valence-electron chi connectivity index (χ2n) is 7.61. The molecule has 31 heavy (non-hydrogen) atoms. The van der Waals surface area contributed by atoms with E-state index in [4.69, 9.17) is 23.2 Å². The first-order valence-corrected chi connectivity index (χ1v) is 10.8. The molecule has 5 rings (SSSR count). The average molecular weight is 451 g/mol. The number of pyridine rings is 1. The minimum atomic E-state index is -0.105. The summed E-state index contributed by atoms with van der Waals surface area (Å²) in [5.41, 5.74) is 5.17. The van der Waals surface area contributed by atoms with Gasteiger partial charge in [0.25, 0.3) is 5.56 Å². The van der Waals surface area contributed by atoms with Crippen molar-refractivity contribution in [3.63, 3.8) is 0 Å². The molecule has 5 nitrogen and oxygen atoms in total. The van der Waals surface area contributed by atoms with E-state index in [-0.39, 0.29) is 5.56 Å². The third-order valence-corrected chi connectivity index (χ3v) is 6.43. The molecule has 5 aromatic rings. The number of hydrogen-bond donors (Lipinski definition) is 0. The summed E-state index contributed by atoms with van der Waals surface area (Å²) in [6, 6.07) is 15.5. The van der Waals surface area contributed by atoms with Crippen molar-refractivity contribution >= 4 is 45.1 Å². The van der Waals surface area contributed by atoms with Crippen molar-refractivity contribution in [1.82, 2.24) is 18.9 Å². The third-order valence-electron chi connectivity index (χ3n) is 5.88. The lowest BCUT2D eigenvalue weighted by atomic mass is 10.0. The highest BCUT2D eigenvalue weighted by Crippen LogP contribution is 2.35. The number of hydrogen-bond acceptors (Lipinski definition) is 2. The highest BCUT2D eigenvalue weighted by Gasteiger charge is 2.18. The van der Waals surface area contributed by atoms with Gasteiger partial charge in [0.05, 0.1) is 16.2 Å². The van der Waals surface area contributed by atoms with Crippen molar-refractivity contribution in [1.29, 1.82) is 0 Å². The normalized spacial score (nSPS) is 11.6. The maximum Gasteiger partial charge on any atom is 0.259 e. The van der Waals surface area contributed by atoms with Crippen LogP contribution < -0.4 is 5.56 Å². The summed E-state index contributed by atoms with van der Waals surface area (Å²) < 4.78 is 5.72. The lowest BCUT2D eigenvalue weighted by Crippen LogP contribution is -2.20. The van der Waals surface area contributed by atoms with Gasteiger partial charge in [0.2, 0.25) is 0 Å². The lowest BCUT2D eigenvalue weighted by Gasteiger charge is -2.09. The van der Waals surface area contributed by atoms with Gasteiger partial charge < -0.3 is 4.57 Å². The SMILES string of the molecule is CCn1nccc1-c1ccc2c(c1)c1cc(-c3ccc(Cl)cc3Cl)c(=O)n(C)c1n2C. The van der Waals surface area contributed by atoms with Crippen LogP contribution in [0.4, 0.5) is 0 Å². The first-order chi connectivity index (χ1) is 14.9. The van der Waals surface area contributed by atoms with Gasteiger partial charge in [-0.25, -0.2) is 0 Å². The summed E-state index contributed by atoms with van der Waals surface area (Å²) in [6.07, 6.45) is 1.82. The molecule has 0 spiro atoms. The molecule has 2 aromatic carbocycles. The van der Waals surface area contributed by atoms with Crippen LogP contribution in [0.3, 0.4) is 0 Å². The maximum atomic E-state index is 13.2. The predicted octanol–water partition coefficient (Wildman–Crippen LogP) is 5.89. The van der Waals surface area contributed by atoms with E-state index in [0.29, 0.717) is 21.2 Å². The van der Waals surface area contributed by atoms with Crippen LogP contribution in [-0.2, 0) is 20.6 Å². The van der Waals surface area contributed by atoms with Crippen LogP contribution in [0.15, 0.2) is 59.5 Å². The van der Waals surface area contributed by atoms with E-state index in [2.05, 4.69) is 34.8 Å². The van der Waals surface area contributed by atoms with Crippen LogP contribution in [0, 0.1) is 0 Å². The quantitative estimate of drug-likeness (QED) is 0.344. The van der Waals surface area contributed by atoms with Crippen LogP contribution in [-0.4, -0.2) is 18.9 Å². The fourth-order valence-electron chi connectivity index (χ4n) is 4.38. The molecule has 0 aliphatic heterocycles. The molecule has 0 saturated heterocycles. The molecule has 0 unspecified atom stereocenters. The largest absolute Gasteiger partial charge is 0.330 e. The zero-order chi connectivity index (χ0) is 21.9. The Balaban J connectivity index is 1.85. The molecule has 0 N–H and O–H groups in total. The van der Waals surface area contributed by atoms with E-state index in [1.54, 1.807) is 29.8 Å². The number of fused-ring (bicyclic) bond motifs is 3. The van der Waals surface area contributed by atoms with Crippen molar-refractivity contribution in [2.24, 2.45) is 14.1 Å². The molecule has 0 atom stereocenters. The van der Waals surface area contributed by atoms with Crippen LogP contribution in [0.1, 0.15) is 6.92 Å². The number of benzene rings is 2. The number of aromatic nitrogens is 4. The molecular formula is C24H20Cl2N4O. The molecule has 0 fully saturated rings. The van der Waals surface area contributed by atoms with Gasteiger partial charge in [-0.1, -0.05) is 35.3 Å². The second-order valence-corrected chi connectivity index (χ2v) is 8.45. The fourth-order valence-corrected chi connectivity index (χ4v) is 4.89. The summed E-state index contributed by atoms with van der Waals surface area (Å²) >= 11 is 12.5. The minimum absolute atomic E-state index is 0.105. The number of nitrogens with zero attached hydrogens (tertiary/aromatic N) is 4. The summed E-state index contributed by atoms with van der Waals surface area (Å²) in [4.78, 5) is 13.2. The predicted molar refractivity (Wildman–Crippen MR) is 128 cm³/mol. The minimum Gasteiger partial charge on any atom is -0.330 e. The Kier molecular flexibility index (Phi) is 4.68. The summed E-state index contributed by atoms with van der Waals surface area (Å²) in [5.74, 6) is 0. The molecule has 0 saturated carbocycles. The average Bonchev–Trinajstić information content (AvgIpc) is 3.34. The summed E-state index contributed by atoms with van der Waals surface area (Å²) in [7, 11) is 3.78. The van der Waals surface area contributed by atoms with Crippen LogP contribution in [0.5, 0.6) is 0 Å². The van der Waals surface area contributed by atoms with Gasteiger partial charge in [-0.15, -0.1) is 0 Å². The topological polar surface area (TPSA) is 44.8 Å². The monoisotopic (exact) mass is 450 g/mol. The number of halogens is 2. The maximum absolute atomic E-state index is 13.2. The van der Waals surface area contributed by atoms with Gasteiger partial charge in [-0.3, -0.25) is 14.0 Å². The first-order valence-electron chi connectivity index (χ1n) is 10.0. The molecule has 0 aliphatic carbocycles. The lowest BCUT2D eigenvalue weighted by molar-refractivity contribution is 0.667. The molecule has 0 amide bonds. The van der Waals surface area contributed by atoms with Gasteiger partial charge in [0, 0.05) is 59.3 Å². The Morgan fingerprint density at radius 3 is 2.45 bits per heavy atom. The van der Waals surface area contributed by atoms with Gasteiger partial charge >= 0.3 is 0 Å². The van der Waals surface area contributed by atoms with Crippen molar-refractivity contribution in [3.8, 4) is 22.4 Å². The highest BCUT2D eigenvalue weighted by molar-refractivity contribution is 6.36. The summed E-state index contributed by atoms with van der Waals surface area (Å²) in [5, 5.41) is 7.45. The molecule has 0 bridgehead atoms. The van der Waals surface area contributed by atoms with Crippen molar-refractivity contribution in [3.05, 3.63) is 75.1 Å². The van der Waals surface area contributed by atoms with E-state index in [1.165, 1.54) is 0 Å². The van der Waals surface area contributed by atoms with Crippen molar-refractivity contribution in [2.45, 2.75) is 13.5 Å². The first kappa shape index (κ1) is 19.9. The number of rotatable bonds is 3. The fraction of sp³-hybridized carbons (Fsp3) is 0.167. The van der Waals surface area contributed by atoms with Gasteiger partial charge in [-0.05, 0) is 43.3 Å². The van der Waals surface area contributed by atoms with Crippen molar-refractivity contribution in [2.75, 3.05) is 0 Å². The standard InChI is InChI=1S/C24H20Cl2N4O/c1-4-30-21(9-10-27-30)14-5-8-22-17(11-14)18-13-19(16-7-6-15(25)12-20(16)26)24(31)29(3)23(18)28(22)2/h5-13H,4H2,1-3H3. The molecule has 0 radical (unpaired) electrons. The van der Waals surface area contributed by atoms with Crippen molar-refractivity contribution < 1.29 is 0 Å². The van der Waals surface area contributed by atoms with Gasteiger partial charge in [-0.2, -0.15) is 5.10 Å². The van der Waals surface area contributed by atoms with E-state index in [9.17, 15) is 4.79 Å².